The fourth-order valence-corrected chi connectivity index (χ4v) is 5.01. The van der Waals surface area contributed by atoms with Gasteiger partial charge in [-0.15, -0.1) is 0 Å². The molecule has 0 aliphatic carbocycles. The summed E-state index contributed by atoms with van der Waals surface area (Å²) in [6.45, 7) is 7.70. The Kier molecular flexibility index (Phi) is 7.67. The molecule has 0 radical (unpaired) electrons. The Bertz CT molecular complexity index is 1480. The third-order valence-corrected chi connectivity index (χ3v) is 7.55. The molecule has 1 fully saturated rings. The molecule has 1 aliphatic rings. The number of carbonyl (C=O) groups excluding carboxylic acids is 1. The lowest BCUT2D eigenvalue weighted by atomic mass is 9.99. The van der Waals surface area contributed by atoms with Crippen molar-refractivity contribution in [3.05, 3.63) is 100.0 Å². The lowest BCUT2D eigenvalue weighted by Crippen LogP contribution is -2.45. The molecule has 196 valence electrons. The van der Waals surface area contributed by atoms with Crippen LogP contribution in [0, 0.1) is 13.8 Å². The zero-order chi connectivity index (χ0) is 26.6. The van der Waals surface area contributed by atoms with Gasteiger partial charge in [-0.3, -0.25) is 19.1 Å². The summed E-state index contributed by atoms with van der Waals surface area (Å²) in [6.07, 6.45) is 1.30. The van der Waals surface area contributed by atoms with E-state index in [-0.39, 0.29) is 24.1 Å². The molecule has 0 spiro atoms. The van der Waals surface area contributed by atoms with Gasteiger partial charge in [0.05, 0.1) is 36.5 Å². The first kappa shape index (κ1) is 25.8. The van der Waals surface area contributed by atoms with E-state index in [0.717, 1.165) is 40.9 Å². The summed E-state index contributed by atoms with van der Waals surface area (Å²) in [5, 5.41) is 0. The van der Waals surface area contributed by atoms with Crippen LogP contribution in [0.1, 0.15) is 22.7 Å². The fourth-order valence-electron chi connectivity index (χ4n) is 5.01. The van der Waals surface area contributed by atoms with E-state index in [1.54, 1.807) is 4.90 Å². The summed E-state index contributed by atoms with van der Waals surface area (Å²) in [6, 6.07) is 22.4. The van der Waals surface area contributed by atoms with Crippen LogP contribution >= 0.6 is 0 Å². The normalized spacial score (nSPS) is 14.9. The number of amides is 1. The summed E-state index contributed by atoms with van der Waals surface area (Å²) >= 11 is 0. The molecule has 1 saturated heterocycles. The van der Waals surface area contributed by atoms with E-state index in [9.17, 15) is 9.59 Å². The molecule has 1 amide bonds. The van der Waals surface area contributed by atoms with Crippen LogP contribution in [0.15, 0.2) is 77.7 Å². The maximum Gasteiger partial charge on any atom is 0.269 e. The Morgan fingerprint density at radius 3 is 2.34 bits per heavy atom. The first-order valence-corrected chi connectivity index (χ1v) is 13.1. The van der Waals surface area contributed by atoms with Gasteiger partial charge in [-0.05, 0) is 53.8 Å². The predicted octanol–water partition coefficient (Wildman–Crippen LogP) is 4.21. The highest BCUT2D eigenvalue weighted by Gasteiger charge is 2.26. The first-order chi connectivity index (χ1) is 18.4. The van der Waals surface area contributed by atoms with Crippen LogP contribution in [-0.4, -0.2) is 65.2 Å². The van der Waals surface area contributed by atoms with E-state index >= 15 is 0 Å². The summed E-state index contributed by atoms with van der Waals surface area (Å²) in [4.78, 5) is 35.0. The average molecular weight is 511 g/mol. The minimum Gasteiger partial charge on any atom is -0.379 e. The van der Waals surface area contributed by atoms with Crippen LogP contribution in [0.3, 0.4) is 0 Å². The summed E-state index contributed by atoms with van der Waals surface area (Å²) in [5.74, 6) is -0.122. The molecule has 1 aliphatic heterocycles. The zero-order valence-corrected chi connectivity index (χ0v) is 22.3. The first-order valence-electron chi connectivity index (χ1n) is 13.1. The number of benzene rings is 3. The summed E-state index contributed by atoms with van der Waals surface area (Å²) < 4.78 is 7.08. The van der Waals surface area contributed by atoms with Gasteiger partial charge < -0.3 is 9.64 Å². The quantitative estimate of drug-likeness (QED) is 0.373. The van der Waals surface area contributed by atoms with Crippen LogP contribution in [-0.2, 0) is 16.1 Å². The van der Waals surface area contributed by atoms with E-state index in [0.29, 0.717) is 30.8 Å². The molecule has 1 aromatic heterocycles. The number of rotatable bonds is 7. The monoisotopic (exact) mass is 510 g/mol. The Morgan fingerprint density at radius 2 is 1.63 bits per heavy atom. The Hall–Kier alpha value is -3.81. The lowest BCUT2D eigenvalue weighted by molar-refractivity contribution is -0.133. The van der Waals surface area contributed by atoms with Crippen LogP contribution in [0.5, 0.6) is 0 Å². The Morgan fingerprint density at radius 1 is 0.974 bits per heavy atom. The van der Waals surface area contributed by atoms with Gasteiger partial charge in [0.2, 0.25) is 5.91 Å². The van der Waals surface area contributed by atoms with Crippen molar-refractivity contribution in [3.8, 4) is 11.1 Å². The van der Waals surface area contributed by atoms with E-state index in [2.05, 4.69) is 46.3 Å². The molecule has 38 heavy (non-hydrogen) atoms. The van der Waals surface area contributed by atoms with Gasteiger partial charge in [0.15, 0.2) is 0 Å². The number of likely N-dealkylation sites (N-methyl/N-ethyl adjacent to an activating group) is 1. The van der Waals surface area contributed by atoms with Gasteiger partial charge in [-0.2, -0.15) is 0 Å². The molecule has 0 N–H and O–H groups in total. The van der Waals surface area contributed by atoms with Gasteiger partial charge in [0, 0.05) is 26.7 Å². The van der Waals surface area contributed by atoms with E-state index in [1.807, 2.05) is 51.2 Å². The third-order valence-electron chi connectivity index (χ3n) is 7.55. The average Bonchev–Trinajstić information content (AvgIpc) is 2.95. The largest absolute Gasteiger partial charge is 0.379 e. The van der Waals surface area contributed by atoms with Crippen LogP contribution in [0.2, 0.25) is 0 Å². The van der Waals surface area contributed by atoms with E-state index in [4.69, 9.17) is 4.74 Å². The van der Waals surface area contributed by atoms with Crippen molar-refractivity contribution in [1.82, 2.24) is 19.4 Å². The number of morpholine rings is 1. The molecule has 1 atom stereocenters. The Labute approximate surface area is 223 Å². The molecule has 0 bridgehead atoms. The molecule has 7 heteroatoms. The molecule has 2 heterocycles. The van der Waals surface area contributed by atoms with Crippen molar-refractivity contribution in [2.24, 2.45) is 0 Å². The van der Waals surface area contributed by atoms with Crippen molar-refractivity contribution in [1.29, 1.82) is 0 Å². The number of aryl methyl sites for hydroxylation is 2. The van der Waals surface area contributed by atoms with Crippen LogP contribution < -0.4 is 5.56 Å². The minimum atomic E-state index is -0.278. The zero-order valence-electron chi connectivity index (χ0n) is 22.3. The number of nitrogens with zero attached hydrogens (tertiary/aromatic N) is 4. The molecule has 1 unspecified atom stereocenters. The standard InChI is InChI=1S/C31H34N4O3/c1-22-17-27-28(18-23(22)2)35(30(36)19-32-27)21-31(37)33(3)29(20-34-13-15-38-16-14-34)26-11-9-25(10-12-26)24-7-5-4-6-8-24/h4-12,17-19,29H,13-16,20-21H2,1-3H3. The van der Waals surface area contributed by atoms with Crippen molar-refractivity contribution >= 4 is 16.9 Å². The van der Waals surface area contributed by atoms with Gasteiger partial charge in [0.25, 0.3) is 5.56 Å². The van der Waals surface area contributed by atoms with Gasteiger partial charge >= 0.3 is 0 Å². The number of ether oxygens (including phenoxy) is 1. The number of hydrogen-bond acceptors (Lipinski definition) is 5. The second-order valence-corrected chi connectivity index (χ2v) is 10.0. The molecular formula is C31H34N4O3. The lowest BCUT2D eigenvalue weighted by Gasteiger charge is -2.35. The SMILES string of the molecule is Cc1cc2ncc(=O)n(CC(=O)N(C)C(CN3CCOCC3)c3ccc(-c4ccccc4)cc3)c2cc1C. The Balaban J connectivity index is 1.44. The van der Waals surface area contributed by atoms with Crippen LogP contribution in [0.4, 0.5) is 0 Å². The topological polar surface area (TPSA) is 67.7 Å². The van der Waals surface area contributed by atoms with Gasteiger partial charge in [-0.25, -0.2) is 4.98 Å². The summed E-state index contributed by atoms with van der Waals surface area (Å²) in [5.41, 5.74) is 6.62. The van der Waals surface area contributed by atoms with E-state index in [1.165, 1.54) is 10.8 Å². The predicted molar refractivity (Wildman–Crippen MR) is 150 cm³/mol. The third kappa shape index (κ3) is 5.54. The van der Waals surface area contributed by atoms with Crippen molar-refractivity contribution < 1.29 is 9.53 Å². The molecule has 4 aromatic rings. The van der Waals surface area contributed by atoms with Crippen molar-refractivity contribution in [2.45, 2.75) is 26.4 Å². The molecule has 5 rings (SSSR count). The molecule has 3 aromatic carbocycles. The fraction of sp³-hybridized carbons (Fsp3) is 0.323. The maximum atomic E-state index is 13.7. The highest BCUT2D eigenvalue weighted by Crippen LogP contribution is 2.26. The molecule has 7 nitrogen and oxygen atoms in total. The van der Waals surface area contributed by atoms with Crippen molar-refractivity contribution in [3.63, 3.8) is 0 Å². The van der Waals surface area contributed by atoms with E-state index < -0.39 is 0 Å². The molecular weight excluding hydrogens is 476 g/mol. The second kappa shape index (κ2) is 11.3. The second-order valence-electron chi connectivity index (χ2n) is 10.0. The highest BCUT2D eigenvalue weighted by atomic mass is 16.5. The number of carbonyl (C=O) groups is 1. The van der Waals surface area contributed by atoms with Gasteiger partial charge in [-0.1, -0.05) is 54.6 Å². The minimum absolute atomic E-state index is 0.0431. The number of fused-ring (bicyclic) bond motifs is 1. The molecule has 0 saturated carbocycles. The smallest absolute Gasteiger partial charge is 0.269 e. The van der Waals surface area contributed by atoms with Crippen LogP contribution in [0.25, 0.3) is 22.2 Å². The maximum absolute atomic E-state index is 13.7. The number of aromatic nitrogens is 2. The van der Waals surface area contributed by atoms with Crippen molar-refractivity contribution in [2.75, 3.05) is 39.9 Å². The highest BCUT2D eigenvalue weighted by molar-refractivity contribution is 5.81. The van der Waals surface area contributed by atoms with Gasteiger partial charge in [0.1, 0.15) is 6.54 Å². The number of hydrogen-bond donors (Lipinski definition) is 0. The summed E-state index contributed by atoms with van der Waals surface area (Å²) in [7, 11) is 1.84.